The van der Waals surface area contributed by atoms with Crippen LogP contribution in [0, 0.1) is 0 Å². The van der Waals surface area contributed by atoms with Crippen LogP contribution in [0.5, 0.6) is 11.5 Å². The standard InChI is InChI=1S/C16H24N2O4/c1-16(2,3)22-15(19)17-11-6-7-13-14(8-11)21-12(10-20-13)9-18(4)5/h6-8,12H,9-10H2,1-5H3,(H,17,19). The molecule has 1 aliphatic rings. The summed E-state index contributed by atoms with van der Waals surface area (Å²) in [6.45, 7) is 6.75. The van der Waals surface area contributed by atoms with E-state index in [-0.39, 0.29) is 6.10 Å². The van der Waals surface area contributed by atoms with Gasteiger partial charge in [-0.2, -0.15) is 0 Å². The van der Waals surface area contributed by atoms with E-state index in [1.54, 1.807) is 18.2 Å². The van der Waals surface area contributed by atoms with Crippen molar-refractivity contribution in [1.29, 1.82) is 0 Å². The van der Waals surface area contributed by atoms with Gasteiger partial charge in [0.1, 0.15) is 18.3 Å². The fourth-order valence-corrected chi connectivity index (χ4v) is 2.11. The van der Waals surface area contributed by atoms with Crippen LogP contribution in [0.4, 0.5) is 10.5 Å². The Labute approximate surface area is 131 Å². The number of nitrogens with zero attached hydrogens (tertiary/aromatic N) is 1. The predicted molar refractivity (Wildman–Crippen MR) is 84.8 cm³/mol. The van der Waals surface area contributed by atoms with E-state index in [9.17, 15) is 4.79 Å². The number of benzene rings is 1. The first-order valence-corrected chi connectivity index (χ1v) is 7.31. The second-order valence-electron chi connectivity index (χ2n) is 6.60. The Morgan fingerprint density at radius 3 is 2.73 bits per heavy atom. The zero-order valence-corrected chi connectivity index (χ0v) is 13.8. The van der Waals surface area contributed by atoms with Crippen molar-refractivity contribution in [2.24, 2.45) is 0 Å². The van der Waals surface area contributed by atoms with E-state index in [1.165, 1.54) is 0 Å². The SMILES string of the molecule is CN(C)CC1COc2ccc(NC(=O)OC(C)(C)C)cc2O1. The minimum Gasteiger partial charge on any atom is -0.486 e. The molecule has 6 heteroatoms. The third-order valence-corrected chi connectivity index (χ3v) is 2.88. The Hall–Kier alpha value is -1.95. The largest absolute Gasteiger partial charge is 0.486 e. The van der Waals surface area contributed by atoms with Crippen molar-refractivity contribution >= 4 is 11.8 Å². The van der Waals surface area contributed by atoms with Gasteiger partial charge >= 0.3 is 6.09 Å². The van der Waals surface area contributed by atoms with Crippen molar-refractivity contribution in [3.63, 3.8) is 0 Å². The molecule has 0 aliphatic carbocycles. The summed E-state index contributed by atoms with van der Waals surface area (Å²) in [5.41, 5.74) is 0.0800. The van der Waals surface area contributed by atoms with Gasteiger partial charge in [-0.05, 0) is 47.0 Å². The number of rotatable bonds is 3. The fourth-order valence-electron chi connectivity index (χ4n) is 2.11. The first-order chi connectivity index (χ1) is 10.2. The maximum atomic E-state index is 11.8. The molecule has 122 valence electrons. The topological polar surface area (TPSA) is 60.0 Å². The summed E-state index contributed by atoms with van der Waals surface area (Å²) in [5, 5.41) is 2.70. The summed E-state index contributed by atoms with van der Waals surface area (Å²) in [6.07, 6.45) is -0.520. The van der Waals surface area contributed by atoms with E-state index in [0.717, 1.165) is 6.54 Å². The van der Waals surface area contributed by atoms with Crippen molar-refractivity contribution in [3.05, 3.63) is 18.2 Å². The molecule has 1 aliphatic heterocycles. The quantitative estimate of drug-likeness (QED) is 0.930. The first kappa shape index (κ1) is 16.4. The Morgan fingerprint density at radius 1 is 1.36 bits per heavy atom. The van der Waals surface area contributed by atoms with Crippen molar-refractivity contribution in [2.45, 2.75) is 32.5 Å². The average molecular weight is 308 g/mol. The number of carbonyl (C=O) groups is 1. The minimum absolute atomic E-state index is 0.0284. The van der Waals surface area contributed by atoms with E-state index in [4.69, 9.17) is 14.2 Å². The number of amides is 1. The van der Waals surface area contributed by atoms with Crippen molar-refractivity contribution in [3.8, 4) is 11.5 Å². The second-order valence-corrected chi connectivity index (χ2v) is 6.60. The lowest BCUT2D eigenvalue weighted by Crippen LogP contribution is -2.38. The molecule has 6 nitrogen and oxygen atoms in total. The van der Waals surface area contributed by atoms with E-state index < -0.39 is 11.7 Å². The number of nitrogens with one attached hydrogen (secondary N) is 1. The normalized spacial score (nSPS) is 17.3. The summed E-state index contributed by atoms with van der Waals surface area (Å²) in [6, 6.07) is 5.30. The van der Waals surface area contributed by atoms with Gasteiger partial charge in [0.25, 0.3) is 0 Å². The van der Waals surface area contributed by atoms with Crippen LogP contribution in [0.2, 0.25) is 0 Å². The minimum atomic E-state index is -0.533. The molecule has 0 aromatic heterocycles. The first-order valence-electron chi connectivity index (χ1n) is 7.31. The molecule has 1 aromatic rings. The molecule has 1 N–H and O–H groups in total. The average Bonchev–Trinajstić information content (AvgIpc) is 2.35. The Morgan fingerprint density at radius 2 is 2.09 bits per heavy atom. The molecule has 1 unspecified atom stereocenters. The number of hydrogen-bond acceptors (Lipinski definition) is 5. The molecule has 0 saturated heterocycles. The second kappa shape index (κ2) is 6.44. The molecule has 1 atom stereocenters. The van der Waals surface area contributed by atoms with Crippen LogP contribution in [-0.4, -0.2) is 49.9 Å². The Kier molecular flexibility index (Phi) is 4.81. The van der Waals surface area contributed by atoms with Crippen LogP contribution < -0.4 is 14.8 Å². The van der Waals surface area contributed by atoms with Gasteiger partial charge in [0, 0.05) is 18.3 Å². The molecule has 0 fully saturated rings. The molecule has 22 heavy (non-hydrogen) atoms. The van der Waals surface area contributed by atoms with Gasteiger partial charge in [-0.15, -0.1) is 0 Å². The smallest absolute Gasteiger partial charge is 0.412 e. The van der Waals surface area contributed by atoms with Gasteiger partial charge in [0.05, 0.1) is 0 Å². The van der Waals surface area contributed by atoms with Crippen molar-refractivity contribution in [2.75, 3.05) is 32.6 Å². The van der Waals surface area contributed by atoms with Gasteiger partial charge in [-0.1, -0.05) is 0 Å². The van der Waals surface area contributed by atoms with Gasteiger partial charge in [-0.25, -0.2) is 4.79 Å². The van der Waals surface area contributed by atoms with Gasteiger partial charge < -0.3 is 19.1 Å². The Bertz CT molecular complexity index is 537. The summed E-state index contributed by atoms with van der Waals surface area (Å²) < 4.78 is 16.8. The van der Waals surface area contributed by atoms with Crippen LogP contribution in [-0.2, 0) is 4.74 Å². The third kappa shape index (κ3) is 4.80. The lowest BCUT2D eigenvalue weighted by atomic mass is 10.2. The molecule has 1 aromatic carbocycles. The monoisotopic (exact) mass is 308 g/mol. The number of likely N-dealkylation sites (N-methyl/N-ethyl adjacent to an activating group) is 1. The number of ether oxygens (including phenoxy) is 3. The highest BCUT2D eigenvalue weighted by Crippen LogP contribution is 2.34. The van der Waals surface area contributed by atoms with Crippen LogP contribution in [0.25, 0.3) is 0 Å². The van der Waals surface area contributed by atoms with Gasteiger partial charge in [0.2, 0.25) is 0 Å². The summed E-state index contributed by atoms with van der Waals surface area (Å²) in [5.74, 6) is 1.32. The maximum absolute atomic E-state index is 11.8. The zero-order chi connectivity index (χ0) is 16.3. The van der Waals surface area contributed by atoms with E-state index >= 15 is 0 Å². The summed E-state index contributed by atoms with van der Waals surface area (Å²) in [7, 11) is 3.97. The molecular formula is C16H24N2O4. The fraction of sp³-hybridized carbons (Fsp3) is 0.562. The zero-order valence-electron chi connectivity index (χ0n) is 13.8. The highest BCUT2D eigenvalue weighted by Gasteiger charge is 2.22. The number of hydrogen-bond donors (Lipinski definition) is 1. The molecular weight excluding hydrogens is 284 g/mol. The molecule has 0 saturated carbocycles. The number of carbonyl (C=O) groups excluding carboxylic acids is 1. The van der Waals surface area contributed by atoms with E-state index in [2.05, 4.69) is 5.32 Å². The number of fused-ring (bicyclic) bond motifs is 1. The molecule has 0 radical (unpaired) electrons. The highest BCUT2D eigenvalue weighted by molar-refractivity contribution is 5.85. The lowest BCUT2D eigenvalue weighted by Gasteiger charge is -2.28. The van der Waals surface area contributed by atoms with E-state index in [1.807, 2.05) is 39.8 Å². The molecule has 0 spiro atoms. The summed E-state index contributed by atoms with van der Waals surface area (Å²) in [4.78, 5) is 13.8. The molecule has 1 heterocycles. The van der Waals surface area contributed by atoms with Gasteiger partial charge in [0.15, 0.2) is 11.5 Å². The molecule has 1 amide bonds. The molecule has 0 bridgehead atoms. The lowest BCUT2D eigenvalue weighted by molar-refractivity contribution is 0.0635. The van der Waals surface area contributed by atoms with E-state index in [0.29, 0.717) is 23.8 Å². The third-order valence-electron chi connectivity index (χ3n) is 2.88. The molecule has 2 rings (SSSR count). The van der Waals surface area contributed by atoms with Gasteiger partial charge in [-0.3, -0.25) is 5.32 Å². The highest BCUT2D eigenvalue weighted by atomic mass is 16.6. The van der Waals surface area contributed by atoms with Crippen LogP contribution >= 0.6 is 0 Å². The summed E-state index contributed by atoms with van der Waals surface area (Å²) >= 11 is 0. The Balaban J connectivity index is 2.03. The van der Waals surface area contributed by atoms with Crippen LogP contribution in [0.15, 0.2) is 18.2 Å². The van der Waals surface area contributed by atoms with Crippen LogP contribution in [0.1, 0.15) is 20.8 Å². The van der Waals surface area contributed by atoms with Crippen molar-refractivity contribution in [1.82, 2.24) is 4.90 Å². The van der Waals surface area contributed by atoms with Crippen molar-refractivity contribution < 1.29 is 19.0 Å². The number of anilines is 1. The maximum Gasteiger partial charge on any atom is 0.412 e. The van der Waals surface area contributed by atoms with Crippen LogP contribution in [0.3, 0.4) is 0 Å². The predicted octanol–water partition coefficient (Wildman–Crippen LogP) is 2.74.